The Morgan fingerprint density at radius 3 is 2.87 bits per heavy atom. The molecule has 11 heteroatoms. The molecule has 0 amide bonds. The van der Waals surface area contributed by atoms with E-state index < -0.39 is 0 Å². The second-order valence-corrected chi connectivity index (χ2v) is 6.96. The van der Waals surface area contributed by atoms with E-state index in [1.807, 2.05) is 42.5 Å². The number of ether oxygens (including phenoxy) is 1. The Morgan fingerprint density at radius 2 is 2.10 bits per heavy atom. The Morgan fingerprint density at radius 1 is 1.23 bits per heavy atom. The molecule has 0 fully saturated rings. The fourth-order valence-corrected chi connectivity index (χ4v) is 3.44. The van der Waals surface area contributed by atoms with Crippen LogP contribution in [0.15, 0.2) is 66.9 Å². The lowest BCUT2D eigenvalue weighted by Gasteiger charge is -2.08. The van der Waals surface area contributed by atoms with Gasteiger partial charge in [0.05, 0.1) is 13.3 Å². The molecule has 30 heavy (non-hydrogen) atoms. The predicted molar refractivity (Wildman–Crippen MR) is 114 cm³/mol. The summed E-state index contributed by atoms with van der Waals surface area (Å²) in [4.78, 5) is 4.47. The van der Waals surface area contributed by atoms with Crippen LogP contribution in [0.4, 0.5) is 5.82 Å². The first kappa shape index (κ1) is 19.5. The van der Waals surface area contributed by atoms with Crippen molar-refractivity contribution in [3.63, 3.8) is 0 Å². The molecule has 0 unspecified atom stereocenters. The second kappa shape index (κ2) is 8.66. The number of nitrogen functional groups attached to an aromatic ring is 1. The number of methoxy groups -OCH3 is 1. The lowest BCUT2D eigenvalue weighted by atomic mass is 10.1. The molecule has 0 saturated heterocycles. The second-order valence-electron chi connectivity index (χ2n) is 6.04. The SMILES string of the molecule is COc1ccc(/C=N/N=C(/N)c2nonc2N)cc1CSc1nc2ccccc2o1. The number of thioether (sulfide) groups is 1. The van der Waals surface area contributed by atoms with Crippen LogP contribution in [0, 0.1) is 0 Å². The van der Waals surface area contributed by atoms with E-state index in [4.69, 9.17) is 20.6 Å². The van der Waals surface area contributed by atoms with Gasteiger partial charge in [-0.1, -0.05) is 23.9 Å². The van der Waals surface area contributed by atoms with E-state index in [2.05, 4.69) is 30.1 Å². The number of hydrogen-bond acceptors (Lipinski definition) is 10. The van der Waals surface area contributed by atoms with Crippen molar-refractivity contribution in [1.29, 1.82) is 0 Å². The topological polar surface area (TPSA) is 151 Å². The number of rotatable bonds is 7. The third-order valence-electron chi connectivity index (χ3n) is 4.06. The summed E-state index contributed by atoms with van der Waals surface area (Å²) in [7, 11) is 1.62. The van der Waals surface area contributed by atoms with Gasteiger partial charge in [-0.25, -0.2) is 9.61 Å². The Labute approximate surface area is 175 Å². The van der Waals surface area contributed by atoms with E-state index in [1.165, 1.54) is 11.8 Å². The molecule has 152 valence electrons. The maximum absolute atomic E-state index is 5.78. The van der Waals surface area contributed by atoms with Crippen LogP contribution in [0.25, 0.3) is 11.1 Å². The lowest BCUT2D eigenvalue weighted by molar-refractivity contribution is 0.308. The summed E-state index contributed by atoms with van der Waals surface area (Å²) in [6.07, 6.45) is 1.56. The van der Waals surface area contributed by atoms with Gasteiger partial charge in [0.15, 0.2) is 22.9 Å². The van der Waals surface area contributed by atoms with Crippen LogP contribution >= 0.6 is 11.8 Å². The fraction of sp³-hybridized carbons (Fsp3) is 0.105. The van der Waals surface area contributed by atoms with Gasteiger partial charge in [-0.3, -0.25) is 0 Å². The van der Waals surface area contributed by atoms with E-state index >= 15 is 0 Å². The molecule has 0 radical (unpaired) electrons. The maximum Gasteiger partial charge on any atom is 0.257 e. The van der Waals surface area contributed by atoms with Gasteiger partial charge in [-0.05, 0) is 46.2 Å². The summed E-state index contributed by atoms with van der Waals surface area (Å²) in [6, 6.07) is 13.3. The number of amidine groups is 1. The van der Waals surface area contributed by atoms with E-state index in [0.717, 1.165) is 28.0 Å². The summed E-state index contributed by atoms with van der Waals surface area (Å²) in [5.41, 5.74) is 14.8. The van der Waals surface area contributed by atoms with Crippen molar-refractivity contribution >= 4 is 40.7 Å². The first-order valence-electron chi connectivity index (χ1n) is 8.74. The highest BCUT2D eigenvalue weighted by Gasteiger charge is 2.11. The van der Waals surface area contributed by atoms with Gasteiger partial charge in [-0.15, -0.1) is 5.10 Å². The molecular weight excluding hydrogens is 406 g/mol. The molecule has 0 aliphatic carbocycles. The fourth-order valence-electron chi connectivity index (χ4n) is 2.62. The Hall–Kier alpha value is -3.86. The Bertz CT molecular complexity index is 1200. The Balaban J connectivity index is 1.49. The van der Waals surface area contributed by atoms with Crippen molar-refractivity contribution in [1.82, 2.24) is 15.3 Å². The number of oxazole rings is 1. The number of nitrogens with zero attached hydrogens (tertiary/aromatic N) is 5. The Kier molecular flexibility index (Phi) is 5.61. The summed E-state index contributed by atoms with van der Waals surface area (Å²) >= 11 is 1.48. The van der Waals surface area contributed by atoms with Crippen LogP contribution in [-0.4, -0.2) is 34.5 Å². The van der Waals surface area contributed by atoms with Crippen molar-refractivity contribution in [2.45, 2.75) is 11.0 Å². The maximum atomic E-state index is 5.78. The zero-order chi connectivity index (χ0) is 20.9. The molecular formula is C19H17N7O3S. The third-order valence-corrected chi connectivity index (χ3v) is 4.94. The van der Waals surface area contributed by atoms with Gasteiger partial charge < -0.3 is 20.6 Å². The van der Waals surface area contributed by atoms with Gasteiger partial charge in [0.2, 0.25) is 0 Å². The first-order chi connectivity index (χ1) is 14.6. The molecule has 2 heterocycles. The lowest BCUT2D eigenvalue weighted by Crippen LogP contribution is -2.15. The summed E-state index contributed by atoms with van der Waals surface area (Å²) in [5, 5.41) is 15.5. The van der Waals surface area contributed by atoms with Crippen LogP contribution in [0.3, 0.4) is 0 Å². The van der Waals surface area contributed by atoms with Crippen molar-refractivity contribution in [3.8, 4) is 5.75 Å². The minimum atomic E-state index is 0.00486. The molecule has 0 bridgehead atoms. The average molecular weight is 423 g/mol. The van der Waals surface area contributed by atoms with E-state index in [-0.39, 0.29) is 17.3 Å². The normalized spacial score (nSPS) is 12.1. The number of nitrogens with two attached hydrogens (primary N) is 2. The standard InChI is InChI=1S/C19H17N7O3S/c1-27-14-7-6-11(9-22-24-17(20)16-18(21)26-29-25-16)8-12(14)10-30-19-23-13-4-2-3-5-15(13)28-19/h2-9H,10H2,1H3,(H2,20,24)(H2,21,26)/b22-9+. The smallest absolute Gasteiger partial charge is 0.257 e. The quantitative estimate of drug-likeness (QED) is 0.198. The predicted octanol–water partition coefficient (Wildman–Crippen LogP) is 2.83. The van der Waals surface area contributed by atoms with Crippen molar-refractivity contribution in [3.05, 3.63) is 59.3 Å². The molecule has 0 aliphatic rings. The molecule has 4 aromatic rings. The highest BCUT2D eigenvalue weighted by Crippen LogP contribution is 2.30. The zero-order valence-corrected chi connectivity index (χ0v) is 16.7. The molecule has 4 rings (SSSR count). The largest absolute Gasteiger partial charge is 0.496 e. The number of para-hydroxylation sites is 2. The van der Waals surface area contributed by atoms with Gasteiger partial charge in [-0.2, -0.15) is 5.10 Å². The third kappa shape index (κ3) is 4.25. The van der Waals surface area contributed by atoms with Gasteiger partial charge in [0, 0.05) is 11.3 Å². The molecule has 0 spiro atoms. The minimum absolute atomic E-state index is 0.00486. The van der Waals surface area contributed by atoms with Gasteiger partial charge in [0.1, 0.15) is 11.3 Å². The molecule has 0 atom stereocenters. The summed E-state index contributed by atoms with van der Waals surface area (Å²) in [5.74, 6) is 1.41. The van der Waals surface area contributed by atoms with Crippen LogP contribution in [-0.2, 0) is 5.75 Å². The first-order valence-corrected chi connectivity index (χ1v) is 9.73. The molecule has 2 aromatic carbocycles. The van der Waals surface area contributed by atoms with Crippen LogP contribution in [0.5, 0.6) is 5.75 Å². The number of anilines is 1. The van der Waals surface area contributed by atoms with E-state index in [1.54, 1.807) is 13.3 Å². The van der Waals surface area contributed by atoms with Crippen molar-refractivity contribution < 1.29 is 13.8 Å². The number of aromatic nitrogens is 3. The van der Waals surface area contributed by atoms with E-state index in [9.17, 15) is 0 Å². The van der Waals surface area contributed by atoms with Crippen LogP contribution in [0.1, 0.15) is 16.8 Å². The molecule has 0 aliphatic heterocycles. The number of fused-ring (bicyclic) bond motifs is 1. The van der Waals surface area contributed by atoms with Crippen molar-refractivity contribution in [2.75, 3.05) is 12.8 Å². The van der Waals surface area contributed by atoms with Crippen molar-refractivity contribution in [2.24, 2.45) is 15.9 Å². The van der Waals surface area contributed by atoms with Gasteiger partial charge in [0.25, 0.3) is 5.22 Å². The molecule has 0 saturated carbocycles. The highest BCUT2D eigenvalue weighted by molar-refractivity contribution is 7.98. The van der Waals surface area contributed by atoms with Crippen LogP contribution in [0.2, 0.25) is 0 Å². The monoisotopic (exact) mass is 423 g/mol. The molecule has 2 aromatic heterocycles. The molecule has 4 N–H and O–H groups in total. The van der Waals surface area contributed by atoms with Gasteiger partial charge >= 0.3 is 0 Å². The summed E-state index contributed by atoms with van der Waals surface area (Å²) in [6.45, 7) is 0. The minimum Gasteiger partial charge on any atom is -0.496 e. The summed E-state index contributed by atoms with van der Waals surface area (Å²) < 4.78 is 15.7. The van der Waals surface area contributed by atoms with E-state index in [0.29, 0.717) is 11.0 Å². The average Bonchev–Trinajstić information content (AvgIpc) is 3.38. The highest BCUT2D eigenvalue weighted by atomic mass is 32.2. The number of benzene rings is 2. The number of hydrogen-bond donors (Lipinski definition) is 2. The zero-order valence-electron chi connectivity index (χ0n) is 15.8. The molecule has 10 nitrogen and oxygen atoms in total. The van der Waals surface area contributed by atoms with Crippen LogP contribution < -0.4 is 16.2 Å².